The van der Waals surface area contributed by atoms with Crippen LogP contribution < -0.4 is 50.5 Å². The van der Waals surface area contributed by atoms with Gasteiger partial charge in [0.05, 0.1) is 87.4 Å². The number of carbonyl (C=O) groups excluding carboxylic acids is 6. The van der Waals surface area contributed by atoms with Crippen LogP contribution in [0.5, 0.6) is 0 Å². The van der Waals surface area contributed by atoms with Crippen LogP contribution in [0.2, 0.25) is 15.1 Å². The molecule has 0 radical (unpaired) electrons. The minimum Gasteiger partial charge on any atom is -0.447 e. The lowest BCUT2D eigenvalue weighted by atomic mass is 9.98. The molecule has 6 amide bonds. The van der Waals surface area contributed by atoms with Crippen LogP contribution in [0.1, 0.15) is 246 Å². The number of ether oxygens (including phenoxy) is 3. The highest BCUT2D eigenvalue weighted by molar-refractivity contribution is 7.92. The van der Waals surface area contributed by atoms with Gasteiger partial charge in [-0.3, -0.25) is 29.7 Å². The molecule has 9 aromatic rings. The van der Waals surface area contributed by atoms with Gasteiger partial charge in [0.25, 0.3) is 17.7 Å². The Kier molecular flexibility index (Phi) is 31.8. The van der Waals surface area contributed by atoms with Gasteiger partial charge in [0.15, 0.2) is 16.9 Å². The second kappa shape index (κ2) is 42.6. The smallest absolute Gasteiger partial charge is 0.411 e. The van der Waals surface area contributed by atoms with E-state index in [-0.39, 0.29) is 93.7 Å². The van der Waals surface area contributed by atoms with Gasteiger partial charge in [-0.2, -0.15) is 28.8 Å². The Bertz CT molecular complexity index is 5740. The summed E-state index contributed by atoms with van der Waals surface area (Å²) in [4.78, 5) is 116. The molecule has 34 nitrogen and oxygen atoms in total. The fourth-order valence-electron chi connectivity index (χ4n) is 18.2. The molecule has 132 heavy (non-hydrogen) atoms. The fraction of sp³-hybridized carbons (Fsp3) is 0.553. The van der Waals surface area contributed by atoms with Gasteiger partial charge in [0.1, 0.15) is 40.5 Å². The minimum atomic E-state index is -3.59. The van der Waals surface area contributed by atoms with E-state index in [0.717, 1.165) is 218 Å². The van der Waals surface area contributed by atoms with Crippen LogP contribution in [-0.4, -0.2) is 249 Å². The number of hydrogen-bond acceptors (Lipinski definition) is 24. The highest BCUT2D eigenvalue weighted by Gasteiger charge is 2.39. The Morgan fingerprint density at radius 1 is 0.417 bits per heavy atom. The maximum absolute atomic E-state index is 14.2. The third kappa shape index (κ3) is 22.9. The molecular formula is C94H130Cl3N23O11S. The third-order valence-corrected chi connectivity index (χ3v) is 26.2. The number of nitrogens with one attached hydrogen (secondary N) is 3. The number of benzene rings is 3. The Morgan fingerprint density at radius 2 is 0.758 bits per heavy atom. The number of anilines is 9. The monoisotopic (exact) mass is 1890 g/mol. The second-order valence-corrected chi connectivity index (χ2v) is 39.5. The van der Waals surface area contributed by atoms with Gasteiger partial charge in [-0.15, -0.1) is 0 Å². The van der Waals surface area contributed by atoms with Crippen LogP contribution in [0.4, 0.5) is 66.4 Å². The maximum Gasteiger partial charge on any atom is 0.411 e. The van der Waals surface area contributed by atoms with Crippen molar-refractivity contribution in [2.45, 2.75) is 222 Å². The fourth-order valence-corrected chi connectivity index (χ4v) is 19.3. The molecule has 0 saturated carbocycles. The van der Waals surface area contributed by atoms with Crippen molar-refractivity contribution in [3.63, 3.8) is 0 Å². The largest absolute Gasteiger partial charge is 0.447 e. The predicted molar refractivity (Wildman–Crippen MR) is 521 cm³/mol. The molecule has 4 atom stereocenters. The molecule has 9 fully saturated rings. The van der Waals surface area contributed by atoms with E-state index in [2.05, 4.69) is 63.0 Å². The Balaban J connectivity index is 0.000000167. The summed E-state index contributed by atoms with van der Waals surface area (Å²) in [5.41, 5.74) is 12.2. The molecule has 18 rings (SSSR count). The number of nitrogens with zero attached hydrogens (tertiary/aromatic N) is 19. The van der Waals surface area contributed by atoms with Crippen LogP contribution in [0.3, 0.4) is 0 Å². The first-order valence-corrected chi connectivity index (χ1v) is 48.6. The van der Waals surface area contributed by atoms with Gasteiger partial charge < -0.3 is 68.9 Å². The van der Waals surface area contributed by atoms with Crippen LogP contribution in [0, 0.1) is 0 Å². The molecule has 6 aromatic heterocycles. The first kappa shape index (κ1) is 98.6. The topological polar surface area (TPSA) is 349 Å². The quantitative estimate of drug-likeness (QED) is 0.0580. The van der Waals surface area contributed by atoms with Crippen molar-refractivity contribution < 1.29 is 51.4 Å². The zero-order valence-electron chi connectivity index (χ0n) is 74.8. The van der Waals surface area contributed by atoms with Crippen LogP contribution in [0.25, 0.3) is 16.9 Å². The summed E-state index contributed by atoms with van der Waals surface area (Å²) in [5.74, 6) is 5.04. The third-order valence-electron chi connectivity index (χ3n) is 24.9. The number of rotatable bonds is 18. The first-order chi connectivity index (χ1) is 61.9. The number of likely N-dealkylation sites (tertiary alicyclic amines) is 3. The SMILES string of the molecule is C.C.C.CC(C)OC(=O)Nc1ccc(Cl)cc1C(=O)N1CCCC[C@H]1c1cc2nc(N3CCC3)cc(N3CCCCC3)n2n1.CC(C)OC(=O)Nc1ccc(Cl)cc1C(=O)N1CCCC[C@H]1c1cc2nc(N3CCC3)cc(N3CCN(C(=O)OC(C)(C)C)CC3)n2n1.CS(=O)(=O)Nc1ccc(Cl)cc1C(=O)N1CCCC[C@H]1c1cc2nc(N3CCC3)cc(N3CCCC(N)C3)n2n1. The number of halogens is 3. The van der Waals surface area contributed by atoms with Crippen molar-refractivity contribution >= 4 is 150 Å². The van der Waals surface area contributed by atoms with E-state index >= 15 is 0 Å². The molecule has 9 saturated heterocycles. The summed E-state index contributed by atoms with van der Waals surface area (Å²) in [5, 5.41) is 21.8. The molecule has 38 heteroatoms. The molecular weight excluding hydrogens is 1770 g/mol. The van der Waals surface area contributed by atoms with E-state index in [0.29, 0.717) is 89.0 Å². The summed E-state index contributed by atoms with van der Waals surface area (Å²) in [6.45, 7) is 26.2. The van der Waals surface area contributed by atoms with Gasteiger partial charge in [-0.1, -0.05) is 57.1 Å². The molecule has 714 valence electrons. The van der Waals surface area contributed by atoms with Crippen LogP contribution in [-0.2, 0) is 24.2 Å². The number of nitrogens with two attached hydrogens (primary N) is 1. The average Bonchev–Trinajstić information content (AvgIpc) is 1.62. The number of hydrogen-bond donors (Lipinski definition) is 4. The highest BCUT2D eigenvalue weighted by atomic mass is 35.5. The molecule has 1 unspecified atom stereocenters. The summed E-state index contributed by atoms with van der Waals surface area (Å²) in [6, 6.07) is 26.1. The van der Waals surface area contributed by atoms with Crippen molar-refractivity contribution in [3.8, 4) is 0 Å². The summed E-state index contributed by atoms with van der Waals surface area (Å²) >= 11 is 18.9. The Labute approximate surface area is 789 Å². The zero-order valence-corrected chi connectivity index (χ0v) is 77.9. The number of amides is 6. The molecule has 0 spiro atoms. The standard InChI is InChI=1S/C34H45ClN8O5.C30H38ClN7O3.C27H35ClN8O3S.3CH4/c1-22(2)47-32(45)36-25-11-10-23(35)19-24(25)31(44)42-14-7-6-9-27(42)26-20-29-37-28(39-12-8-13-39)21-30(43(29)38-26)40-15-17-41(18-16-40)33(46)48-34(3,4)5;1-20(2)41-30(40)32-23-11-10-21(31)17-22(23)29(39)37-16-7-4-9-25(37)24-18-27-33-26(35-14-8-15-35)19-28(38(27)34-24)36-12-5-3-6-13-36;1-40(38,39)32-21-9-8-18(28)14-20(21)27(37)35-13-3-2-7-23(35)22-15-25-30-24(33-11-5-12-33)16-26(36(25)31-22)34-10-4-6-19(29)17-34;;;/h10-11,19-22,27H,6-9,12-18H2,1-5H3,(H,36,45);10-11,17-20,25H,3-9,12-16H2,1-2H3,(H,32,40);8-9,14-16,19,23,32H,2-7,10-13,17,29H2,1H3;3*1H4/t27-;25-;19?,23-;;;/m000.../s1. The molecule has 3 aromatic carbocycles. The van der Waals surface area contributed by atoms with Gasteiger partial charge in [-0.05, 0) is 212 Å². The van der Waals surface area contributed by atoms with E-state index < -0.39 is 27.8 Å². The van der Waals surface area contributed by atoms with Crippen LogP contribution in [0.15, 0.2) is 91.0 Å². The summed E-state index contributed by atoms with van der Waals surface area (Å²) in [6.07, 6.45) is 15.7. The van der Waals surface area contributed by atoms with Gasteiger partial charge >= 0.3 is 18.3 Å². The van der Waals surface area contributed by atoms with Crippen molar-refractivity contribution in [1.29, 1.82) is 0 Å². The molecule has 0 aliphatic carbocycles. The van der Waals surface area contributed by atoms with Gasteiger partial charge in [-0.25, -0.2) is 37.8 Å². The normalized spacial score (nSPS) is 19.4. The summed E-state index contributed by atoms with van der Waals surface area (Å²) < 4.78 is 48.3. The van der Waals surface area contributed by atoms with E-state index in [1.807, 2.05) is 62.3 Å². The minimum absolute atomic E-state index is 0. The van der Waals surface area contributed by atoms with E-state index in [1.165, 1.54) is 37.8 Å². The predicted octanol–water partition coefficient (Wildman–Crippen LogP) is 17.0. The lowest BCUT2D eigenvalue weighted by Crippen LogP contribution is -2.50. The molecule has 0 bridgehead atoms. The molecule has 5 N–H and O–H groups in total. The molecule has 9 aliphatic heterocycles. The second-order valence-electron chi connectivity index (χ2n) is 36.4. The Morgan fingerprint density at radius 3 is 1.11 bits per heavy atom. The number of sulfonamides is 1. The number of aromatic nitrogens is 9. The van der Waals surface area contributed by atoms with E-state index in [9.17, 15) is 37.2 Å². The lowest BCUT2D eigenvalue weighted by molar-refractivity contribution is 0.0239. The Hall–Kier alpha value is -10.9. The number of carbonyl (C=O) groups is 6. The number of piperazine rings is 1. The number of fused-ring (bicyclic) bond motifs is 3. The highest BCUT2D eigenvalue weighted by Crippen LogP contribution is 2.42. The van der Waals surface area contributed by atoms with Crippen molar-refractivity contribution in [1.82, 2.24) is 63.4 Å². The summed E-state index contributed by atoms with van der Waals surface area (Å²) in [7, 11) is -3.59. The van der Waals surface area contributed by atoms with Gasteiger partial charge in [0, 0.05) is 169 Å². The van der Waals surface area contributed by atoms with E-state index in [4.69, 9.17) is 85.0 Å². The molecule has 9 aliphatic rings. The first-order valence-electron chi connectivity index (χ1n) is 45.6. The van der Waals surface area contributed by atoms with Crippen molar-refractivity contribution in [2.24, 2.45) is 5.73 Å². The number of piperidine rings is 5. The maximum atomic E-state index is 14.2. The van der Waals surface area contributed by atoms with Gasteiger partial charge in [0.2, 0.25) is 10.0 Å². The van der Waals surface area contributed by atoms with E-state index in [1.54, 1.807) is 80.0 Å². The van der Waals surface area contributed by atoms with Crippen LogP contribution >= 0.6 is 34.8 Å². The zero-order chi connectivity index (χ0) is 90.7. The van der Waals surface area contributed by atoms with Crippen molar-refractivity contribution in [2.75, 3.05) is 162 Å². The average molecular weight is 1900 g/mol. The molecule has 15 heterocycles. The van der Waals surface area contributed by atoms with Crippen molar-refractivity contribution in [3.05, 3.63) is 140 Å². The lowest BCUT2D eigenvalue weighted by Gasteiger charge is -2.37.